The Kier molecular flexibility index (Phi) is 5.40. The van der Waals surface area contributed by atoms with Crippen LogP contribution in [0.15, 0.2) is 22.5 Å². The van der Waals surface area contributed by atoms with Crippen LogP contribution in [0, 0.1) is 5.92 Å². The molecule has 0 bridgehead atoms. The van der Waals surface area contributed by atoms with Gasteiger partial charge >= 0.3 is 0 Å². The predicted octanol–water partition coefficient (Wildman–Crippen LogP) is 2.38. The van der Waals surface area contributed by atoms with Gasteiger partial charge in [0.15, 0.2) is 5.13 Å². The van der Waals surface area contributed by atoms with E-state index in [-0.39, 0.29) is 17.7 Å². The molecule has 0 fully saturated rings. The van der Waals surface area contributed by atoms with Crippen molar-refractivity contribution in [2.75, 3.05) is 5.32 Å². The van der Waals surface area contributed by atoms with Crippen LogP contribution in [0.4, 0.5) is 5.13 Å². The van der Waals surface area contributed by atoms with Crippen molar-refractivity contribution in [3.63, 3.8) is 0 Å². The summed E-state index contributed by atoms with van der Waals surface area (Å²) in [6.45, 7) is 4.00. The normalized spacial score (nSPS) is 12.1. The summed E-state index contributed by atoms with van der Waals surface area (Å²) >= 11 is 2.68. The molecule has 2 N–H and O–H groups in total. The summed E-state index contributed by atoms with van der Waals surface area (Å²) in [5.41, 5.74) is 1.91. The van der Waals surface area contributed by atoms with E-state index in [0.717, 1.165) is 0 Å². The molecule has 8 heteroatoms. The highest BCUT2D eigenvalue weighted by molar-refractivity contribution is 7.13. The van der Waals surface area contributed by atoms with Crippen LogP contribution in [0.5, 0.6) is 0 Å². The fourth-order valence-electron chi connectivity index (χ4n) is 1.74. The van der Waals surface area contributed by atoms with Gasteiger partial charge in [0.1, 0.15) is 11.7 Å². The SMILES string of the molecule is CC(C)CC(NC(=O)c1cscn1)C(=O)Nc1nccs1. The lowest BCUT2D eigenvalue weighted by molar-refractivity contribution is -0.118. The zero-order valence-electron chi connectivity index (χ0n) is 11.7. The lowest BCUT2D eigenvalue weighted by Crippen LogP contribution is -2.44. The van der Waals surface area contributed by atoms with Crippen molar-refractivity contribution >= 4 is 39.6 Å². The van der Waals surface area contributed by atoms with Gasteiger partial charge in [-0.25, -0.2) is 9.97 Å². The predicted molar refractivity (Wildman–Crippen MR) is 83.6 cm³/mol. The monoisotopic (exact) mass is 324 g/mol. The molecule has 0 aromatic carbocycles. The largest absolute Gasteiger partial charge is 0.339 e. The van der Waals surface area contributed by atoms with Gasteiger partial charge in [-0.3, -0.25) is 9.59 Å². The minimum atomic E-state index is -0.608. The third kappa shape index (κ3) is 4.61. The van der Waals surface area contributed by atoms with Gasteiger partial charge in [-0.05, 0) is 12.3 Å². The molecule has 21 heavy (non-hydrogen) atoms. The Morgan fingerprint density at radius 3 is 2.71 bits per heavy atom. The van der Waals surface area contributed by atoms with Crippen molar-refractivity contribution in [3.05, 3.63) is 28.2 Å². The summed E-state index contributed by atoms with van der Waals surface area (Å²) in [4.78, 5) is 32.3. The first kappa shape index (κ1) is 15.6. The van der Waals surface area contributed by atoms with Crippen LogP contribution in [0.2, 0.25) is 0 Å². The summed E-state index contributed by atoms with van der Waals surface area (Å²) in [5, 5.41) is 9.40. The fourth-order valence-corrected chi connectivity index (χ4v) is 2.80. The minimum Gasteiger partial charge on any atom is -0.339 e. The highest BCUT2D eigenvalue weighted by Gasteiger charge is 2.23. The van der Waals surface area contributed by atoms with E-state index in [9.17, 15) is 9.59 Å². The lowest BCUT2D eigenvalue weighted by atomic mass is 10.0. The van der Waals surface area contributed by atoms with E-state index >= 15 is 0 Å². The summed E-state index contributed by atoms with van der Waals surface area (Å²) in [6, 6.07) is -0.608. The van der Waals surface area contributed by atoms with Crippen LogP contribution in [-0.4, -0.2) is 27.8 Å². The molecule has 6 nitrogen and oxygen atoms in total. The number of thiazole rings is 2. The van der Waals surface area contributed by atoms with E-state index in [1.54, 1.807) is 22.5 Å². The smallest absolute Gasteiger partial charge is 0.271 e. The molecule has 0 radical (unpaired) electrons. The molecule has 2 rings (SSSR count). The Labute approximate surface area is 130 Å². The molecule has 1 atom stereocenters. The second-order valence-electron chi connectivity index (χ2n) is 4.86. The van der Waals surface area contributed by atoms with Gasteiger partial charge in [-0.15, -0.1) is 22.7 Å². The number of anilines is 1. The first-order valence-corrected chi connectivity index (χ1v) is 8.28. The second kappa shape index (κ2) is 7.28. The minimum absolute atomic E-state index is 0.262. The summed E-state index contributed by atoms with van der Waals surface area (Å²) in [5.74, 6) is -0.328. The van der Waals surface area contributed by atoms with Crippen molar-refractivity contribution in [2.45, 2.75) is 26.3 Å². The molecule has 0 aliphatic rings. The van der Waals surface area contributed by atoms with Gasteiger partial charge in [0.2, 0.25) is 5.91 Å². The molecule has 112 valence electrons. The first-order valence-electron chi connectivity index (χ1n) is 6.45. The second-order valence-corrected chi connectivity index (χ2v) is 6.47. The average molecular weight is 324 g/mol. The Morgan fingerprint density at radius 2 is 2.14 bits per heavy atom. The highest BCUT2D eigenvalue weighted by Crippen LogP contribution is 2.13. The molecule has 0 aliphatic carbocycles. The van der Waals surface area contributed by atoms with Gasteiger partial charge in [0.05, 0.1) is 5.51 Å². The van der Waals surface area contributed by atoms with E-state index in [4.69, 9.17) is 0 Å². The summed E-state index contributed by atoms with van der Waals surface area (Å²) < 4.78 is 0. The van der Waals surface area contributed by atoms with Crippen LogP contribution in [-0.2, 0) is 4.79 Å². The number of carbonyl (C=O) groups excluding carboxylic acids is 2. The van der Waals surface area contributed by atoms with Gasteiger partial charge in [0.25, 0.3) is 5.91 Å². The van der Waals surface area contributed by atoms with E-state index in [0.29, 0.717) is 17.2 Å². The van der Waals surface area contributed by atoms with Crippen molar-refractivity contribution in [2.24, 2.45) is 5.92 Å². The molecular weight excluding hydrogens is 308 g/mol. The Balaban J connectivity index is 2.03. The van der Waals surface area contributed by atoms with Crippen LogP contribution in [0.3, 0.4) is 0 Å². The number of rotatable bonds is 6. The van der Waals surface area contributed by atoms with Crippen LogP contribution >= 0.6 is 22.7 Å². The number of carbonyl (C=O) groups is 2. The zero-order chi connectivity index (χ0) is 15.2. The highest BCUT2D eigenvalue weighted by atomic mass is 32.1. The molecule has 1 unspecified atom stereocenters. The quantitative estimate of drug-likeness (QED) is 0.854. The first-order chi connectivity index (χ1) is 10.1. The zero-order valence-corrected chi connectivity index (χ0v) is 13.3. The standard InChI is InChI=1S/C13H16N4O2S2/c1-8(2)5-9(11(18)17-13-14-3-4-21-13)16-12(19)10-6-20-7-15-10/h3-4,6-9H,5H2,1-2H3,(H,16,19)(H,14,17,18). The number of nitrogens with zero attached hydrogens (tertiary/aromatic N) is 2. The molecule has 0 saturated carbocycles. The average Bonchev–Trinajstić information content (AvgIpc) is 3.10. The lowest BCUT2D eigenvalue weighted by Gasteiger charge is -2.19. The Hall–Kier alpha value is -1.80. The van der Waals surface area contributed by atoms with Crippen LogP contribution in [0.25, 0.3) is 0 Å². The molecule has 2 aromatic rings. The third-order valence-corrected chi connectivity index (χ3v) is 3.93. The Bertz CT molecular complexity index is 581. The number of nitrogens with one attached hydrogen (secondary N) is 2. The van der Waals surface area contributed by atoms with Crippen LogP contribution < -0.4 is 10.6 Å². The van der Waals surface area contributed by atoms with Crippen molar-refractivity contribution < 1.29 is 9.59 Å². The number of amides is 2. The summed E-state index contributed by atoms with van der Waals surface area (Å²) in [6.07, 6.45) is 2.17. The fraction of sp³-hybridized carbons (Fsp3) is 0.385. The number of hydrogen-bond acceptors (Lipinski definition) is 6. The van der Waals surface area contributed by atoms with Crippen LogP contribution in [0.1, 0.15) is 30.8 Å². The maximum atomic E-state index is 12.3. The topological polar surface area (TPSA) is 84.0 Å². The van der Waals surface area contributed by atoms with E-state index in [2.05, 4.69) is 20.6 Å². The van der Waals surface area contributed by atoms with E-state index in [1.807, 2.05) is 13.8 Å². The molecule has 2 aromatic heterocycles. The van der Waals surface area contributed by atoms with Crippen molar-refractivity contribution in [3.8, 4) is 0 Å². The van der Waals surface area contributed by atoms with Crippen molar-refractivity contribution in [1.29, 1.82) is 0 Å². The molecule has 2 heterocycles. The van der Waals surface area contributed by atoms with Gasteiger partial charge in [-0.2, -0.15) is 0 Å². The maximum Gasteiger partial charge on any atom is 0.271 e. The molecule has 2 amide bonds. The third-order valence-electron chi connectivity index (χ3n) is 2.66. The number of aromatic nitrogens is 2. The molecule has 0 aliphatic heterocycles. The van der Waals surface area contributed by atoms with Crippen molar-refractivity contribution in [1.82, 2.24) is 15.3 Å². The van der Waals surface area contributed by atoms with E-state index < -0.39 is 6.04 Å². The van der Waals surface area contributed by atoms with Gasteiger partial charge in [-0.1, -0.05) is 13.8 Å². The van der Waals surface area contributed by atoms with Gasteiger partial charge in [0, 0.05) is 17.0 Å². The maximum absolute atomic E-state index is 12.3. The Morgan fingerprint density at radius 1 is 1.33 bits per heavy atom. The van der Waals surface area contributed by atoms with E-state index in [1.165, 1.54) is 22.7 Å². The summed E-state index contributed by atoms with van der Waals surface area (Å²) in [7, 11) is 0. The molecule has 0 saturated heterocycles. The van der Waals surface area contributed by atoms with Gasteiger partial charge < -0.3 is 10.6 Å². The number of hydrogen-bond donors (Lipinski definition) is 2. The molecular formula is C13H16N4O2S2. The molecule has 0 spiro atoms.